The van der Waals surface area contributed by atoms with E-state index in [0.29, 0.717) is 43.5 Å². The molecule has 1 aliphatic carbocycles. The van der Waals surface area contributed by atoms with Crippen LogP contribution in [-0.2, 0) is 16.0 Å². The van der Waals surface area contributed by atoms with Crippen molar-refractivity contribution in [1.29, 1.82) is 0 Å². The third kappa shape index (κ3) is 5.45. The molecule has 1 atom stereocenters. The van der Waals surface area contributed by atoms with E-state index in [1.807, 2.05) is 49.4 Å². The molecule has 1 aromatic carbocycles. The van der Waals surface area contributed by atoms with E-state index in [1.165, 1.54) is 0 Å². The van der Waals surface area contributed by atoms with Gasteiger partial charge in [0, 0.05) is 37.1 Å². The summed E-state index contributed by atoms with van der Waals surface area (Å²) in [4.78, 5) is 28.5. The van der Waals surface area contributed by atoms with Crippen molar-refractivity contribution in [2.45, 2.75) is 26.2 Å². The summed E-state index contributed by atoms with van der Waals surface area (Å²) in [6, 6.07) is 7.34. The van der Waals surface area contributed by atoms with Crippen LogP contribution in [0.25, 0.3) is 11.4 Å². The standard InChI is InChI=1S/C24H26N6O4/c1-15-5-3-6-18-21(15)24(32)29-28-23(18)26-14-4-13-25-19(31)11-12-20-27-22(30-34-20)16-7-9-17(33-2)10-8-16/h3,5-10,21,26H,4,11-14H2,1-2H3,(H,25,31). The Morgan fingerprint density at radius 3 is 2.79 bits per heavy atom. The Morgan fingerprint density at radius 1 is 1.18 bits per heavy atom. The van der Waals surface area contributed by atoms with Crippen LogP contribution in [0.4, 0.5) is 0 Å². The van der Waals surface area contributed by atoms with Crippen LogP contribution in [0.1, 0.15) is 25.7 Å². The minimum atomic E-state index is -0.361. The third-order valence-corrected chi connectivity index (χ3v) is 5.52. The number of methoxy groups -OCH3 is 1. The first-order chi connectivity index (χ1) is 16.5. The van der Waals surface area contributed by atoms with Gasteiger partial charge in [-0.15, -0.1) is 10.2 Å². The summed E-state index contributed by atoms with van der Waals surface area (Å²) < 4.78 is 10.4. The fourth-order valence-electron chi connectivity index (χ4n) is 3.68. The smallest absolute Gasteiger partial charge is 0.276 e. The molecule has 0 saturated carbocycles. The normalized spacial score (nSPS) is 16.8. The Bertz CT molecular complexity index is 1180. The molecule has 0 spiro atoms. The quantitative estimate of drug-likeness (QED) is 0.519. The molecule has 0 fully saturated rings. The fourth-order valence-corrected chi connectivity index (χ4v) is 3.68. The maximum absolute atomic E-state index is 12.2. The lowest BCUT2D eigenvalue weighted by molar-refractivity contribution is -0.121. The van der Waals surface area contributed by atoms with Gasteiger partial charge in [0.2, 0.25) is 17.6 Å². The van der Waals surface area contributed by atoms with E-state index < -0.39 is 0 Å². The van der Waals surface area contributed by atoms with E-state index in [-0.39, 0.29) is 24.2 Å². The maximum Gasteiger partial charge on any atom is 0.276 e. The minimum absolute atomic E-state index is 0.0924. The number of nitrogens with one attached hydrogen (secondary N) is 2. The van der Waals surface area contributed by atoms with Crippen LogP contribution in [-0.4, -0.2) is 42.2 Å². The van der Waals surface area contributed by atoms with Crippen LogP contribution in [0, 0.1) is 5.92 Å². The van der Waals surface area contributed by atoms with E-state index in [1.54, 1.807) is 7.11 Å². The molecular formula is C24H26N6O4. The lowest BCUT2D eigenvalue weighted by Crippen LogP contribution is -2.29. The van der Waals surface area contributed by atoms with Gasteiger partial charge in [-0.05, 0) is 37.6 Å². The summed E-state index contributed by atoms with van der Waals surface area (Å²) in [7, 11) is 1.61. The SMILES string of the molecule is COc1ccc(-c2noc(CCC(=O)NCCCNC3=C4C=CC=C(C)C4C(=O)N=N3)n2)cc1. The molecule has 2 amide bonds. The van der Waals surface area contributed by atoms with Gasteiger partial charge in [0.05, 0.1) is 13.0 Å². The van der Waals surface area contributed by atoms with Gasteiger partial charge in [0.1, 0.15) is 5.75 Å². The van der Waals surface area contributed by atoms with Crippen molar-refractivity contribution < 1.29 is 18.8 Å². The molecule has 0 radical (unpaired) electrons. The first-order valence-corrected chi connectivity index (χ1v) is 11.1. The number of allylic oxidation sites excluding steroid dienone is 3. The monoisotopic (exact) mass is 462 g/mol. The summed E-state index contributed by atoms with van der Waals surface area (Å²) in [6.07, 6.45) is 7.00. The highest BCUT2D eigenvalue weighted by Gasteiger charge is 2.30. The number of aryl methyl sites for hydroxylation is 1. The molecule has 1 aliphatic heterocycles. The number of carbonyl (C=O) groups excluding carboxylic acids is 2. The predicted octanol–water partition coefficient (Wildman–Crippen LogP) is 3.11. The average molecular weight is 463 g/mol. The van der Waals surface area contributed by atoms with Crippen LogP contribution in [0.5, 0.6) is 5.75 Å². The summed E-state index contributed by atoms with van der Waals surface area (Å²) in [5, 5.41) is 17.8. The van der Waals surface area contributed by atoms with Crippen LogP contribution in [0.3, 0.4) is 0 Å². The van der Waals surface area contributed by atoms with E-state index in [9.17, 15) is 9.59 Å². The Balaban J connectivity index is 1.17. The molecule has 1 aromatic heterocycles. The molecule has 2 aliphatic rings. The van der Waals surface area contributed by atoms with Crippen molar-refractivity contribution in [2.75, 3.05) is 20.2 Å². The molecule has 2 aromatic rings. The number of rotatable bonds is 10. The largest absolute Gasteiger partial charge is 0.497 e. The van der Waals surface area contributed by atoms with Crippen molar-refractivity contribution in [3.63, 3.8) is 0 Å². The highest BCUT2D eigenvalue weighted by Crippen LogP contribution is 2.32. The van der Waals surface area contributed by atoms with Gasteiger partial charge < -0.3 is 19.9 Å². The Morgan fingerprint density at radius 2 is 2.00 bits per heavy atom. The van der Waals surface area contributed by atoms with Gasteiger partial charge in [-0.1, -0.05) is 29.0 Å². The molecule has 0 bridgehead atoms. The number of carbonyl (C=O) groups is 2. The van der Waals surface area contributed by atoms with E-state index in [0.717, 1.165) is 22.5 Å². The first-order valence-electron chi connectivity index (χ1n) is 11.1. The molecule has 10 nitrogen and oxygen atoms in total. The van der Waals surface area contributed by atoms with Crippen molar-refractivity contribution >= 4 is 11.8 Å². The van der Waals surface area contributed by atoms with Crippen LogP contribution >= 0.6 is 0 Å². The molecule has 34 heavy (non-hydrogen) atoms. The number of fused-ring (bicyclic) bond motifs is 1. The number of amides is 2. The van der Waals surface area contributed by atoms with Crippen molar-refractivity contribution in [2.24, 2.45) is 16.1 Å². The second-order valence-electron chi connectivity index (χ2n) is 7.92. The van der Waals surface area contributed by atoms with Gasteiger partial charge in [0.15, 0.2) is 5.82 Å². The predicted molar refractivity (Wildman–Crippen MR) is 124 cm³/mol. The molecule has 2 heterocycles. The Hall–Kier alpha value is -4.08. The molecule has 0 saturated heterocycles. The zero-order valence-electron chi connectivity index (χ0n) is 19.1. The van der Waals surface area contributed by atoms with Crippen molar-refractivity contribution in [1.82, 2.24) is 20.8 Å². The van der Waals surface area contributed by atoms with Crippen molar-refractivity contribution in [3.8, 4) is 17.1 Å². The lowest BCUT2D eigenvalue weighted by atomic mass is 9.86. The van der Waals surface area contributed by atoms with Gasteiger partial charge in [-0.2, -0.15) is 4.98 Å². The molecular weight excluding hydrogens is 436 g/mol. The van der Waals surface area contributed by atoms with Gasteiger partial charge in [-0.3, -0.25) is 9.59 Å². The van der Waals surface area contributed by atoms with Crippen molar-refractivity contribution in [3.05, 3.63) is 65.4 Å². The number of benzene rings is 1. The van der Waals surface area contributed by atoms with Crippen LogP contribution in [0.2, 0.25) is 0 Å². The summed E-state index contributed by atoms with van der Waals surface area (Å²) >= 11 is 0. The topological polar surface area (TPSA) is 131 Å². The van der Waals surface area contributed by atoms with E-state index >= 15 is 0 Å². The molecule has 2 N–H and O–H groups in total. The number of ether oxygens (including phenoxy) is 1. The number of hydrogen-bond acceptors (Lipinski definition) is 8. The highest BCUT2D eigenvalue weighted by molar-refractivity contribution is 5.87. The zero-order chi connectivity index (χ0) is 23.9. The van der Waals surface area contributed by atoms with Crippen LogP contribution < -0.4 is 15.4 Å². The molecule has 176 valence electrons. The zero-order valence-corrected chi connectivity index (χ0v) is 19.1. The second kappa shape index (κ2) is 10.7. The number of azo groups is 1. The van der Waals surface area contributed by atoms with Gasteiger partial charge in [-0.25, -0.2) is 0 Å². The first kappa shape index (κ1) is 23.1. The number of hydrogen-bond donors (Lipinski definition) is 2. The second-order valence-corrected chi connectivity index (χ2v) is 7.92. The number of nitrogens with zero attached hydrogens (tertiary/aromatic N) is 4. The lowest BCUT2D eigenvalue weighted by Gasteiger charge is -2.23. The van der Waals surface area contributed by atoms with E-state index in [4.69, 9.17) is 9.26 Å². The average Bonchev–Trinajstić information content (AvgIpc) is 3.33. The maximum atomic E-state index is 12.2. The summed E-state index contributed by atoms with van der Waals surface area (Å²) in [5.41, 5.74) is 2.59. The summed E-state index contributed by atoms with van der Waals surface area (Å²) in [5.74, 6) is 1.53. The fraction of sp³-hybridized carbons (Fsp3) is 0.333. The van der Waals surface area contributed by atoms with Gasteiger partial charge in [0.25, 0.3) is 5.91 Å². The highest BCUT2D eigenvalue weighted by atomic mass is 16.5. The molecule has 1 unspecified atom stereocenters. The minimum Gasteiger partial charge on any atom is -0.497 e. The molecule has 4 rings (SSSR count). The Kier molecular flexibility index (Phi) is 7.26. The summed E-state index contributed by atoms with van der Waals surface area (Å²) in [6.45, 7) is 3.00. The number of aromatic nitrogens is 2. The van der Waals surface area contributed by atoms with Crippen LogP contribution in [0.15, 0.2) is 74.2 Å². The third-order valence-electron chi connectivity index (χ3n) is 5.52. The van der Waals surface area contributed by atoms with E-state index in [2.05, 4.69) is 31.0 Å². The van der Waals surface area contributed by atoms with Gasteiger partial charge >= 0.3 is 0 Å². The molecule has 10 heteroatoms. The Labute approximate surface area is 196 Å².